The molecule has 0 radical (unpaired) electrons. The minimum absolute atomic E-state index is 0.218. The van der Waals surface area contributed by atoms with Gasteiger partial charge in [-0.3, -0.25) is 4.79 Å². The standard InChI is InChI=1S/C12H17BrO3/c13-5-4-9-11-8(2-3-10(11)14)12(9)15-6-1-7-16-12/h8-9,11H,1-7H2/t8-,9+,11+/m1/s1. The van der Waals surface area contributed by atoms with E-state index in [2.05, 4.69) is 15.9 Å². The molecular weight excluding hydrogens is 272 g/mol. The second-order valence-electron chi connectivity index (χ2n) is 4.99. The average Bonchev–Trinajstić information content (AvgIpc) is 2.67. The van der Waals surface area contributed by atoms with Crippen LogP contribution in [0.5, 0.6) is 0 Å². The average molecular weight is 289 g/mol. The molecule has 3 aliphatic rings. The first kappa shape index (κ1) is 11.2. The number of Topliss-reactive ketones (excluding diaryl/α,β-unsaturated/α-hetero) is 1. The molecule has 3 fully saturated rings. The predicted octanol–water partition coefficient (Wildman–Crippen LogP) is 2.13. The highest BCUT2D eigenvalue weighted by atomic mass is 79.9. The Labute approximate surface area is 104 Å². The minimum atomic E-state index is -0.400. The number of hydrogen-bond donors (Lipinski definition) is 0. The van der Waals surface area contributed by atoms with Crippen LogP contribution in [-0.2, 0) is 14.3 Å². The molecule has 0 aromatic heterocycles. The largest absolute Gasteiger partial charge is 0.349 e. The first-order valence-corrected chi connectivity index (χ1v) is 7.28. The zero-order chi connectivity index (χ0) is 11.2. The van der Waals surface area contributed by atoms with Gasteiger partial charge in [0.2, 0.25) is 0 Å². The normalized spacial score (nSPS) is 40.8. The molecule has 0 N–H and O–H groups in total. The van der Waals surface area contributed by atoms with Crippen molar-refractivity contribution in [1.29, 1.82) is 0 Å². The van der Waals surface area contributed by atoms with E-state index in [9.17, 15) is 4.79 Å². The third kappa shape index (κ3) is 1.36. The Kier molecular flexibility index (Phi) is 2.84. The van der Waals surface area contributed by atoms with Crippen LogP contribution in [0.1, 0.15) is 25.7 Å². The summed E-state index contributed by atoms with van der Waals surface area (Å²) in [4.78, 5) is 11.8. The van der Waals surface area contributed by atoms with Crippen molar-refractivity contribution in [3.8, 4) is 0 Å². The van der Waals surface area contributed by atoms with E-state index in [0.717, 1.165) is 44.2 Å². The van der Waals surface area contributed by atoms with Gasteiger partial charge in [0.15, 0.2) is 5.79 Å². The second kappa shape index (κ2) is 4.07. The Hall–Kier alpha value is 0.0700. The van der Waals surface area contributed by atoms with E-state index in [1.54, 1.807) is 0 Å². The summed E-state index contributed by atoms with van der Waals surface area (Å²) < 4.78 is 11.9. The summed E-state index contributed by atoms with van der Waals surface area (Å²) in [7, 11) is 0. The molecule has 2 aliphatic carbocycles. The van der Waals surface area contributed by atoms with Gasteiger partial charge in [0.05, 0.1) is 13.2 Å². The van der Waals surface area contributed by atoms with Gasteiger partial charge in [0, 0.05) is 29.5 Å². The fourth-order valence-electron chi connectivity index (χ4n) is 3.72. The van der Waals surface area contributed by atoms with Gasteiger partial charge in [-0.1, -0.05) is 15.9 Å². The van der Waals surface area contributed by atoms with E-state index in [1.807, 2.05) is 0 Å². The summed E-state index contributed by atoms with van der Waals surface area (Å²) in [6.45, 7) is 1.58. The van der Waals surface area contributed by atoms with Gasteiger partial charge >= 0.3 is 0 Å². The number of alkyl halides is 1. The van der Waals surface area contributed by atoms with Crippen molar-refractivity contribution in [1.82, 2.24) is 0 Å². The lowest BCUT2D eigenvalue weighted by molar-refractivity contribution is -0.376. The molecule has 0 aromatic rings. The minimum Gasteiger partial charge on any atom is -0.349 e. The summed E-state index contributed by atoms with van der Waals surface area (Å²) in [5, 5.41) is 0.919. The third-order valence-electron chi connectivity index (χ3n) is 4.34. The van der Waals surface area contributed by atoms with Gasteiger partial charge in [-0.15, -0.1) is 0 Å². The van der Waals surface area contributed by atoms with Gasteiger partial charge < -0.3 is 9.47 Å². The molecule has 1 spiro atoms. The van der Waals surface area contributed by atoms with E-state index in [1.165, 1.54) is 0 Å². The molecule has 3 nitrogen and oxygen atoms in total. The van der Waals surface area contributed by atoms with E-state index in [4.69, 9.17) is 9.47 Å². The summed E-state index contributed by atoms with van der Waals surface area (Å²) in [5.41, 5.74) is 0. The molecule has 3 atom stereocenters. The van der Waals surface area contributed by atoms with Crippen LogP contribution in [0.15, 0.2) is 0 Å². The van der Waals surface area contributed by atoms with Crippen LogP contribution in [0.4, 0.5) is 0 Å². The van der Waals surface area contributed by atoms with Crippen molar-refractivity contribution in [3.05, 3.63) is 0 Å². The van der Waals surface area contributed by atoms with Gasteiger partial charge in [0.1, 0.15) is 5.78 Å². The Morgan fingerprint density at radius 3 is 2.81 bits per heavy atom. The molecule has 0 aromatic carbocycles. The van der Waals surface area contributed by atoms with Crippen LogP contribution in [0.25, 0.3) is 0 Å². The highest BCUT2D eigenvalue weighted by Gasteiger charge is 2.68. The molecule has 4 heteroatoms. The number of hydrogen-bond acceptors (Lipinski definition) is 3. The molecule has 0 unspecified atom stereocenters. The molecule has 1 heterocycles. The Balaban J connectivity index is 1.83. The Morgan fingerprint density at radius 2 is 2.12 bits per heavy atom. The van der Waals surface area contributed by atoms with Crippen LogP contribution in [0, 0.1) is 17.8 Å². The highest BCUT2D eigenvalue weighted by Crippen LogP contribution is 2.60. The van der Waals surface area contributed by atoms with Gasteiger partial charge in [-0.2, -0.15) is 0 Å². The lowest BCUT2D eigenvalue weighted by Gasteiger charge is -2.58. The summed E-state index contributed by atoms with van der Waals surface area (Å²) in [6, 6.07) is 0. The predicted molar refractivity (Wildman–Crippen MR) is 62.4 cm³/mol. The van der Waals surface area contributed by atoms with Crippen molar-refractivity contribution < 1.29 is 14.3 Å². The zero-order valence-electron chi connectivity index (χ0n) is 9.28. The van der Waals surface area contributed by atoms with Crippen LogP contribution in [0.3, 0.4) is 0 Å². The van der Waals surface area contributed by atoms with E-state index in [0.29, 0.717) is 11.7 Å². The molecule has 1 saturated heterocycles. The number of halogens is 1. The number of ether oxygens (including phenoxy) is 2. The fourth-order valence-corrected chi connectivity index (χ4v) is 4.22. The fraction of sp³-hybridized carbons (Fsp3) is 0.917. The van der Waals surface area contributed by atoms with Crippen molar-refractivity contribution >= 4 is 21.7 Å². The van der Waals surface area contributed by atoms with Crippen molar-refractivity contribution in [2.75, 3.05) is 18.5 Å². The molecule has 0 bridgehead atoms. The number of fused-ring (bicyclic) bond motifs is 2. The first-order valence-electron chi connectivity index (χ1n) is 6.16. The molecule has 1 aliphatic heterocycles. The molecule has 3 rings (SSSR count). The topological polar surface area (TPSA) is 35.5 Å². The second-order valence-corrected chi connectivity index (χ2v) is 5.79. The molecule has 0 amide bonds. The zero-order valence-corrected chi connectivity index (χ0v) is 10.9. The summed E-state index contributed by atoms with van der Waals surface area (Å²) >= 11 is 3.47. The number of ketones is 1. The summed E-state index contributed by atoms with van der Waals surface area (Å²) in [5.74, 6) is 0.870. The van der Waals surface area contributed by atoms with Gasteiger partial charge in [-0.05, 0) is 19.3 Å². The SMILES string of the molecule is O=C1CC[C@@H]2[C@H]1[C@H](CCBr)C21OCCCO1. The summed E-state index contributed by atoms with van der Waals surface area (Å²) in [6.07, 6.45) is 3.64. The maximum atomic E-state index is 11.8. The van der Waals surface area contributed by atoms with E-state index < -0.39 is 5.79 Å². The van der Waals surface area contributed by atoms with Gasteiger partial charge in [-0.25, -0.2) is 0 Å². The Bertz CT molecular complexity index is 299. The van der Waals surface area contributed by atoms with Gasteiger partial charge in [0.25, 0.3) is 0 Å². The lowest BCUT2D eigenvalue weighted by atomic mass is 9.59. The smallest absolute Gasteiger partial charge is 0.175 e. The molecule has 16 heavy (non-hydrogen) atoms. The van der Waals surface area contributed by atoms with Crippen molar-refractivity contribution in [2.45, 2.75) is 31.5 Å². The van der Waals surface area contributed by atoms with Crippen LogP contribution >= 0.6 is 15.9 Å². The third-order valence-corrected chi connectivity index (χ3v) is 4.80. The molecule has 2 saturated carbocycles. The van der Waals surface area contributed by atoms with E-state index >= 15 is 0 Å². The number of carbonyl (C=O) groups is 1. The van der Waals surface area contributed by atoms with Crippen molar-refractivity contribution in [3.63, 3.8) is 0 Å². The van der Waals surface area contributed by atoms with Crippen molar-refractivity contribution in [2.24, 2.45) is 17.8 Å². The Morgan fingerprint density at radius 1 is 1.38 bits per heavy atom. The molecule has 90 valence electrons. The lowest BCUT2D eigenvalue weighted by Crippen LogP contribution is -2.66. The monoisotopic (exact) mass is 288 g/mol. The van der Waals surface area contributed by atoms with Crippen LogP contribution in [0.2, 0.25) is 0 Å². The van der Waals surface area contributed by atoms with Crippen LogP contribution < -0.4 is 0 Å². The number of carbonyl (C=O) groups excluding carboxylic acids is 1. The maximum absolute atomic E-state index is 11.8. The quantitative estimate of drug-likeness (QED) is 0.731. The first-order chi connectivity index (χ1) is 7.79. The van der Waals surface area contributed by atoms with E-state index in [-0.39, 0.29) is 11.8 Å². The maximum Gasteiger partial charge on any atom is 0.175 e. The van der Waals surface area contributed by atoms with Crippen LogP contribution in [-0.4, -0.2) is 30.1 Å². The molecular formula is C12H17BrO3. The number of rotatable bonds is 2. The highest BCUT2D eigenvalue weighted by molar-refractivity contribution is 9.09.